The molecule has 0 atom stereocenters. The van der Waals surface area contributed by atoms with E-state index in [4.69, 9.17) is 9.97 Å². The molecular weight excluding hydrogens is 372 g/mol. The normalized spacial score (nSPS) is 11.5. The van der Waals surface area contributed by atoms with Gasteiger partial charge < -0.3 is 9.88 Å². The van der Waals surface area contributed by atoms with Crippen molar-refractivity contribution in [2.75, 3.05) is 6.54 Å². The number of carbonyl (C=O) groups excluding carboxylic acids is 1. The number of nitrogens with zero attached hydrogens (tertiary/aromatic N) is 3. The van der Waals surface area contributed by atoms with Crippen LogP contribution in [0.3, 0.4) is 0 Å². The van der Waals surface area contributed by atoms with Crippen LogP contribution in [-0.4, -0.2) is 27.0 Å². The van der Waals surface area contributed by atoms with E-state index < -0.39 is 0 Å². The van der Waals surface area contributed by atoms with Gasteiger partial charge in [-0.3, -0.25) is 4.79 Å². The smallest absolute Gasteiger partial charge is 0.221 e. The van der Waals surface area contributed by atoms with Gasteiger partial charge in [0.1, 0.15) is 5.52 Å². The van der Waals surface area contributed by atoms with Crippen molar-refractivity contribution in [3.8, 4) is 0 Å². The number of fused-ring (bicyclic) bond motifs is 4. The molecule has 0 saturated carbocycles. The molecule has 0 saturated heterocycles. The summed E-state index contributed by atoms with van der Waals surface area (Å²) in [5.74, 6) is 0.100. The number of para-hydroxylation sites is 3. The molecule has 156 valence electrons. The van der Waals surface area contributed by atoms with Crippen LogP contribution in [0, 0.1) is 0 Å². The van der Waals surface area contributed by atoms with Crippen LogP contribution in [0.5, 0.6) is 0 Å². The molecule has 4 rings (SSSR count). The highest BCUT2D eigenvalue weighted by molar-refractivity contribution is 6.06. The van der Waals surface area contributed by atoms with E-state index in [0.29, 0.717) is 13.0 Å². The fourth-order valence-corrected chi connectivity index (χ4v) is 4.04. The number of carbonyl (C=O) groups is 1. The third-order valence-corrected chi connectivity index (χ3v) is 5.67. The highest BCUT2D eigenvalue weighted by Gasteiger charge is 2.15. The fourth-order valence-electron chi connectivity index (χ4n) is 4.04. The molecule has 1 N–H and O–H groups in total. The van der Waals surface area contributed by atoms with Crippen molar-refractivity contribution < 1.29 is 4.79 Å². The molecular formula is C25H30N4O. The Labute approximate surface area is 177 Å². The van der Waals surface area contributed by atoms with E-state index >= 15 is 0 Å². The minimum Gasteiger partial charge on any atom is -0.356 e. The number of benzene rings is 2. The SMILES string of the molecule is CCCCCCCCNC(=O)CCn1c2ccccc2c2nc3ccccc3nc21. The van der Waals surface area contributed by atoms with Gasteiger partial charge in [0.05, 0.1) is 16.6 Å². The average Bonchev–Trinajstić information content (AvgIpc) is 3.08. The molecule has 4 aromatic rings. The van der Waals surface area contributed by atoms with Gasteiger partial charge in [-0.25, -0.2) is 9.97 Å². The molecule has 0 aliphatic heterocycles. The topological polar surface area (TPSA) is 59.8 Å². The number of unbranched alkanes of at least 4 members (excludes halogenated alkanes) is 5. The number of aryl methyl sites for hydroxylation is 1. The van der Waals surface area contributed by atoms with Gasteiger partial charge in [-0.1, -0.05) is 69.4 Å². The van der Waals surface area contributed by atoms with Gasteiger partial charge in [0, 0.05) is 24.9 Å². The van der Waals surface area contributed by atoms with Gasteiger partial charge in [-0.2, -0.15) is 0 Å². The van der Waals surface area contributed by atoms with E-state index in [9.17, 15) is 4.79 Å². The van der Waals surface area contributed by atoms with Crippen molar-refractivity contribution in [2.45, 2.75) is 58.4 Å². The number of nitrogens with one attached hydrogen (secondary N) is 1. The summed E-state index contributed by atoms with van der Waals surface area (Å²) in [6, 6.07) is 16.1. The highest BCUT2D eigenvalue weighted by atomic mass is 16.1. The molecule has 5 heteroatoms. The number of hydrogen-bond acceptors (Lipinski definition) is 3. The Balaban J connectivity index is 1.45. The van der Waals surface area contributed by atoms with Crippen LogP contribution in [0.4, 0.5) is 0 Å². The second-order valence-electron chi connectivity index (χ2n) is 7.92. The van der Waals surface area contributed by atoms with Gasteiger partial charge in [0.2, 0.25) is 5.91 Å². The van der Waals surface area contributed by atoms with E-state index in [1.807, 2.05) is 36.4 Å². The van der Waals surface area contributed by atoms with Crippen molar-refractivity contribution in [2.24, 2.45) is 0 Å². The monoisotopic (exact) mass is 402 g/mol. The Morgan fingerprint density at radius 3 is 2.43 bits per heavy atom. The molecule has 5 nitrogen and oxygen atoms in total. The molecule has 1 amide bonds. The molecule has 0 fully saturated rings. The first-order valence-electron chi connectivity index (χ1n) is 11.2. The van der Waals surface area contributed by atoms with E-state index in [1.165, 1.54) is 32.1 Å². The van der Waals surface area contributed by atoms with E-state index in [1.54, 1.807) is 0 Å². The van der Waals surface area contributed by atoms with Crippen LogP contribution < -0.4 is 5.32 Å². The van der Waals surface area contributed by atoms with Crippen LogP contribution in [0.1, 0.15) is 51.9 Å². The number of rotatable bonds is 10. The minimum absolute atomic E-state index is 0.100. The van der Waals surface area contributed by atoms with Gasteiger partial charge in [0.25, 0.3) is 0 Å². The standard InChI is InChI=1S/C25H30N4O/c1-2-3-4-5-6-11-17-26-23(30)16-18-29-22-15-10-7-12-19(22)24-25(29)28-21-14-9-8-13-20(21)27-24/h7-10,12-15H,2-6,11,16-18H2,1H3,(H,26,30). The van der Waals surface area contributed by atoms with Crippen molar-refractivity contribution in [3.63, 3.8) is 0 Å². The molecule has 0 radical (unpaired) electrons. The van der Waals surface area contributed by atoms with Crippen molar-refractivity contribution in [3.05, 3.63) is 48.5 Å². The van der Waals surface area contributed by atoms with Crippen molar-refractivity contribution >= 4 is 39.0 Å². The fraction of sp³-hybridized carbons (Fsp3) is 0.400. The maximum Gasteiger partial charge on any atom is 0.221 e. The molecule has 0 aliphatic rings. The Morgan fingerprint density at radius 2 is 1.60 bits per heavy atom. The molecule has 0 unspecified atom stereocenters. The lowest BCUT2D eigenvalue weighted by atomic mass is 10.1. The summed E-state index contributed by atoms with van der Waals surface area (Å²) in [7, 11) is 0. The van der Waals surface area contributed by atoms with E-state index in [2.05, 4.69) is 28.9 Å². The zero-order valence-corrected chi connectivity index (χ0v) is 17.7. The predicted octanol–water partition coefficient (Wildman–Crippen LogP) is 5.60. The summed E-state index contributed by atoms with van der Waals surface area (Å²) in [6.07, 6.45) is 7.82. The second kappa shape index (κ2) is 9.70. The molecule has 2 aromatic carbocycles. The Kier molecular flexibility index (Phi) is 6.57. The van der Waals surface area contributed by atoms with Crippen molar-refractivity contribution in [1.82, 2.24) is 19.9 Å². The predicted molar refractivity (Wildman–Crippen MR) is 124 cm³/mol. The maximum absolute atomic E-state index is 12.4. The number of aromatic nitrogens is 3. The van der Waals surface area contributed by atoms with E-state index in [-0.39, 0.29) is 5.91 Å². The second-order valence-corrected chi connectivity index (χ2v) is 7.92. The highest BCUT2D eigenvalue weighted by Crippen LogP contribution is 2.28. The zero-order chi connectivity index (χ0) is 20.8. The summed E-state index contributed by atoms with van der Waals surface area (Å²) in [5.41, 5.74) is 4.59. The first-order valence-corrected chi connectivity index (χ1v) is 11.2. The number of hydrogen-bond donors (Lipinski definition) is 1. The number of amides is 1. The van der Waals surface area contributed by atoms with Gasteiger partial charge in [-0.05, 0) is 24.6 Å². The first-order chi connectivity index (χ1) is 14.8. The molecule has 30 heavy (non-hydrogen) atoms. The molecule has 0 spiro atoms. The molecule has 0 bridgehead atoms. The third-order valence-electron chi connectivity index (χ3n) is 5.67. The maximum atomic E-state index is 12.4. The molecule has 0 aliphatic carbocycles. The van der Waals surface area contributed by atoms with Gasteiger partial charge in [-0.15, -0.1) is 0 Å². The summed E-state index contributed by atoms with van der Waals surface area (Å²) < 4.78 is 2.13. The van der Waals surface area contributed by atoms with Crippen LogP contribution in [0.2, 0.25) is 0 Å². The largest absolute Gasteiger partial charge is 0.356 e. The lowest BCUT2D eigenvalue weighted by Crippen LogP contribution is -2.25. The average molecular weight is 403 g/mol. The van der Waals surface area contributed by atoms with Crippen LogP contribution >= 0.6 is 0 Å². The summed E-state index contributed by atoms with van der Waals surface area (Å²) in [5, 5.41) is 4.16. The quantitative estimate of drug-likeness (QED) is 0.351. The Bertz CT molecular complexity index is 1150. The lowest BCUT2D eigenvalue weighted by molar-refractivity contribution is -0.121. The molecule has 2 heterocycles. The van der Waals surface area contributed by atoms with Gasteiger partial charge in [0.15, 0.2) is 5.65 Å². The first kappa shape index (κ1) is 20.3. The Hall–Kier alpha value is -2.95. The van der Waals surface area contributed by atoms with Crippen LogP contribution in [-0.2, 0) is 11.3 Å². The van der Waals surface area contributed by atoms with Crippen molar-refractivity contribution in [1.29, 1.82) is 0 Å². The summed E-state index contributed by atoms with van der Waals surface area (Å²) >= 11 is 0. The lowest BCUT2D eigenvalue weighted by Gasteiger charge is -2.08. The third kappa shape index (κ3) is 4.45. The zero-order valence-electron chi connectivity index (χ0n) is 17.7. The molecule has 2 aromatic heterocycles. The Morgan fingerprint density at radius 1 is 0.900 bits per heavy atom. The van der Waals surface area contributed by atoms with Crippen LogP contribution in [0.15, 0.2) is 48.5 Å². The van der Waals surface area contributed by atoms with Gasteiger partial charge >= 0.3 is 0 Å². The van der Waals surface area contributed by atoms with E-state index in [0.717, 1.165) is 46.1 Å². The minimum atomic E-state index is 0.100. The van der Waals surface area contributed by atoms with Crippen LogP contribution in [0.25, 0.3) is 33.1 Å². The summed E-state index contributed by atoms with van der Waals surface area (Å²) in [4.78, 5) is 22.1. The summed E-state index contributed by atoms with van der Waals surface area (Å²) in [6.45, 7) is 3.59.